The van der Waals surface area contributed by atoms with Crippen LogP contribution < -0.4 is 10.6 Å². The Kier molecular flexibility index (Phi) is 4.78. The van der Waals surface area contributed by atoms with Crippen molar-refractivity contribution in [3.63, 3.8) is 0 Å². The molecule has 0 saturated carbocycles. The molecule has 3 nitrogen and oxygen atoms in total. The number of carbonyl (C=O) groups excluding carboxylic acids is 1. The summed E-state index contributed by atoms with van der Waals surface area (Å²) in [6, 6.07) is 0.312. The molecule has 0 aromatic rings. The third kappa shape index (κ3) is 3.21. The second-order valence-electron chi connectivity index (χ2n) is 5.25. The molecule has 1 heterocycles. The van der Waals surface area contributed by atoms with Gasteiger partial charge in [0, 0.05) is 11.6 Å². The Morgan fingerprint density at radius 2 is 2.06 bits per heavy atom. The molecule has 1 saturated heterocycles. The number of hydrogen-bond donors (Lipinski definition) is 2. The van der Waals surface area contributed by atoms with Gasteiger partial charge in [-0.25, -0.2) is 0 Å². The van der Waals surface area contributed by atoms with E-state index < -0.39 is 0 Å². The molecule has 0 aromatic heterocycles. The maximum absolute atomic E-state index is 12.2. The molecule has 0 bridgehead atoms. The van der Waals surface area contributed by atoms with Gasteiger partial charge in [0.1, 0.15) is 0 Å². The van der Waals surface area contributed by atoms with Crippen molar-refractivity contribution in [2.75, 3.05) is 6.54 Å². The third-order valence-electron chi connectivity index (χ3n) is 4.08. The van der Waals surface area contributed by atoms with Crippen molar-refractivity contribution in [3.8, 4) is 0 Å². The van der Waals surface area contributed by atoms with E-state index in [1.807, 2.05) is 0 Å². The van der Waals surface area contributed by atoms with E-state index in [2.05, 4.69) is 38.3 Å². The largest absolute Gasteiger partial charge is 0.351 e. The van der Waals surface area contributed by atoms with Crippen LogP contribution in [0.15, 0.2) is 0 Å². The van der Waals surface area contributed by atoms with E-state index in [1.165, 1.54) is 0 Å². The van der Waals surface area contributed by atoms with E-state index in [-0.39, 0.29) is 17.4 Å². The Bertz CT molecular complexity index is 236. The van der Waals surface area contributed by atoms with Crippen LogP contribution >= 0.6 is 0 Å². The van der Waals surface area contributed by atoms with Gasteiger partial charge in [-0.2, -0.15) is 0 Å². The summed E-state index contributed by atoms with van der Waals surface area (Å²) in [6.07, 6.45) is 4.11. The summed E-state index contributed by atoms with van der Waals surface area (Å²) in [5, 5.41) is 6.59. The summed E-state index contributed by atoms with van der Waals surface area (Å²) in [5.41, 5.74) is -0.0335. The Balaban J connectivity index is 2.56. The molecule has 1 rings (SSSR count). The molecule has 1 aliphatic rings. The zero-order valence-electron chi connectivity index (χ0n) is 11.1. The molecule has 0 radical (unpaired) electrons. The van der Waals surface area contributed by atoms with Gasteiger partial charge in [0.2, 0.25) is 5.91 Å². The molecule has 1 aliphatic heterocycles. The van der Waals surface area contributed by atoms with Gasteiger partial charge in [0.05, 0.1) is 5.92 Å². The number of nitrogens with one attached hydrogen (secondary N) is 2. The number of rotatable bonds is 4. The number of hydrogen-bond acceptors (Lipinski definition) is 2. The second kappa shape index (κ2) is 5.67. The SMILES string of the molecule is CCC(C)(CC)NC(=O)C1CCCNC1C. The van der Waals surface area contributed by atoms with E-state index in [0.29, 0.717) is 6.04 Å². The quantitative estimate of drug-likeness (QED) is 0.770. The average Bonchev–Trinajstić information content (AvgIpc) is 2.29. The molecule has 3 heteroatoms. The maximum atomic E-state index is 12.2. The Morgan fingerprint density at radius 1 is 1.44 bits per heavy atom. The highest BCUT2D eigenvalue weighted by Gasteiger charge is 2.31. The van der Waals surface area contributed by atoms with Crippen LogP contribution in [0.3, 0.4) is 0 Å². The lowest BCUT2D eigenvalue weighted by molar-refractivity contribution is -0.128. The topological polar surface area (TPSA) is 41.1 Å². The molecular formula is C13H26N2O. The number of carbonyl (C=O) groups is 1. The van der Waals surface area contributed by atoms with Gasteiger partial charge in [-0.15, -0.1) is 0 Å². The Hall–Kier alpha value is -0.570. The van der Waals surface area contributed by atoms with E-state index in [9.17, 15) is 4.79 Å². The molecule has 16 heavy (non-hydrogen) atoms. The van der Waals surface area contributed by atoms with Gasteiger partial charge in [-0.1, -0.05) is 13.8 Å². The van der Waals surface area contributed by atoms with Crippen molar-refractivity contribution >= 4 is 5.91 Å². The van der Waals surface area contributed by atoms with Crippen LogP contribution in [0.2, 0.25) is 0 Å². The number of amides is 1. The molecule has 2 N–H and O–H groups in total. The number of piperidine rings is 1. The second-order valence-corrected chi connectivity index (χ2v) is 5.25. The van der Waals surface area contributed by atoms with Crippen molar-refractivity contribution in [1.29, 1.82) is 0 Å². The summed E-state index contributed by atoms with van der Waals surface area (Å²) in [7, 11) is 0. The van der Waals surface area contributed by atoms with Crippen LogP contribution in [-0.4, -0.2) is 24.0 Å². The fourth-order valence-electron chi connectivity index (χ4n) is 2.22. The van der Waals surface area contributed by atoms with Crippen molar-refractivity contribution in [2.24, 2.45) is 5.92 Å². The zero-order chi connectivity index (χ0) is 12.2. The summed E-state index contributed by atoms with van der Waals surface area (Å²) < 4.78 is 0. The van der Waals surface area contributed by atoms with Crippen LogP contribution in [0.25, 0.3) is 0 Å². The van der Waals surface area contributed by atoms with Crippen LogP contribution in [0, 0.1) is 5.92 Å². The maximum Gasteiger partial charge on any atom is 0.225 e. The van der Waals surface area contributed by atoms with Crippen molar-refractivity contribution < 1.29 is 4.79 Å². The van der Waals surface area contributed by atoms with Crippen molar-refractivity contribution in [2.45, 2.75) is 65.0 Å². The molecule has 2 unspecified atom stereocenters. The van der Waals surface area contributed by atoms with Gasteiger partial charge in [-0.3, -0.25) is 4.79 Å². The lowest BCUT2D eigenvalue weighted by Crippen LogP contribution is -2.53. The molecule has 0 spiro atoms. The predicted molar refractivity (Wildman–Crippen MR) is 67.3 cm³/mol. The first kappa shape index (κ1) is 13.5. The van der Waals surface area contributed by atoms with Crippen LogP contribution in [0.1, 0.15) is 53.4 Å². The standard InChI is InChI=1S/C13H26N2O/c1-5-13(4,6-2)15-12(16)11-8-7-9-14-10(11)3/h10-11,14H,5-9H2,1-4H3,(H,15,16). The highest BCUT2D eigenvalue weighted by Crippen LogP contribution is 2.20. The smallest absolute Gasteiger partial charge is 0.225 e. The summed E-state index contributed by atoms with van der Waals surface area (Å²) in [5.74, 6) is 0.372. The van der Waals surface area contributed by atoms with Crippen molar-refractivity contribution in [3.05, 3.63) is 0 Å². The predicted octanol–water partition coefficient (Wildman–Crippen LogP) is 2.07. The average molecular weight is 226 g/mol. The minimum absolute atomic E-state index is 0.0335. The minimum atomic E-state index is -0.0335. The monoisotopic (exact) mass is 226 g/mol. The van der Waals surface area contributed by atoms with Crippen LogP contribution in [0.5, 0.6) is 0 Å². The van der Waals surface area contributed by atoms with Crippen molar-refractivity contribution in [1.82, 2.24) is 10.6 Å². The Labute approximate surface area is 99.4 Å². The Morgan fingerprint density at radius 3 is 2.56 bits per heavy atom. The van der Waals surface area contributed by atoms with Gasteiger partial charge >= 0.3 is 0 Å². The van der Waals surface area contributed by atoms with Gasteiger partial charge in [-0.05, 0) is 46.1 Å². The fourth-order valence-corrected chi connectivity index (χ4v) is 2.22. The van der Waals surface area contributed by atoms with E-state index in [0.717, 1.165) is 32.2 Å². The molecule has 2 atom stereocenters. The first-order valence-electron chi connectivity index (χ1n) is 6.58. The molecule has 0 aliphatic carbocycles. The highest BCUT2D eigenvalue weighted by molar-refractivity contribution is 5.80. The van der Waals surface area contributed by atoms with Crippen LogP contribution in [0.4, 0.5) is 0 Å². The first-order chi connectivity index (χ1) is 7.52. The summed E-state index contributed by atoms with van der Waals surface area (Å²) >= 11 is 0. The van der Waals surface area contributed by atoms with E-state index in [4.69, 9.17) is 0 Å². The van der Waals surface area contributed by atoms with Gasteiger partial charge < -0.3 is 10.6 Å². The van der Waals surface area contributed by atoms with Crippen LogP contribution in [-0.2, 0) is 4.79 Å². The highest BCUT2D eigenvalue weighted by atomic mass is 16.2. The summed E-state index contributed by atoms with van der Waals surface area (Å²) in [4.78, 5) is 12.2. The van der Waals surface area contributed by atoms with Gasteiger partial charge in [0.15, 0.2) is 0 Å². The third-order valence-corrected chi connectivity index (χ3v) is 4.08. The molecule has 1 fully saturated rings. The molecule has 1 amide bonds. The fraction of sp³-hybridized carbons (Fsp3) is 0.923. The summed E-state index contributed by atoms with van der Waals surface area (Å²) in [6.45, 7) is 9.55. The van der Waals surface area contributed by atoms with E-state index in [1.54, 1.807) is 0 Å². The molecular weight excluding hydrogens is 200 g/mol. The molecule has 0 aromatic carbocycles. The first-order valence-corrected chi connectivity index (χ1v) is 6.58. The van der Waals surface area contributed by atoms with E-state index >= 15 is 0 Å². The zero-order valence-corrected chi connectivity index (χ0v) is 11.1. The van der Waals surface area contributed by atoms with Gasteiger partial charge in [0.25, 0.3) is 0 Å². The lowest BCUT2D eigenvalue weighted by Gasteiger charge is -2.34. The lowest BCUT2D eigenvalue weighted by atomic mass is 9.88. The normalized spacial score (nSPS) is 26.5. The minimum Gasteiger partial charge on any atom is -0.351 e. The molecule has 94 valence electrons.